The third kappa shape index (κ3) is 53.4. The van der Waals surface area contributed by atoms with Gasteiger partial charge in [0.1, 0.15) is 0 Å². The van der Waals surface area contributed by atoms with E-state index in [0.29, 0.717) is 12.8 Å². The number of hydrogen-bond donors (Lipinski definition) is 3. The number of amides is 1. The number of nitrogens with one attached hydrogen (secondary N) is 1. The monoisotopic (exact) mass is 912 g/mol. The molecule has 0 bridgehead atoms. The molecular formula is C61H117NO3. The maximum absolute atomic E-state index is 12.5. The summed E-state index contributed by atoms with van der Waals surface area (Å²) in [6.45, 7) is 4.37. The number of rotatable bonds is 55. The molecule has 0 spiro atoms. The molecule has 0 rings (SSSR count). The van der Waals surface area contributed by atoms with Crippen LogP contribution in [0.4, 0.5) is 0 Å². The highest BCUT2D eigenvalue weighted by atomic mass is 16.3. The van der Waals surface area contributed by atoms with Crippen LogP contribution in [0.2, 0.25) is 0 Å². The molecule has 0 radical (unpaired) electrons. The van der Waals surface area contributed by atoms with Crippen LogP contribution < -0.4 is 5.32 Å². The van der Waals surface area contributed by atoms with Gasteiger partial charge in [0.15, 0.2) is 0 Å². The molecule has 0 aromatic rings. The molecule has 0 aliphatic heterocycles. The van der Waals surface area contributed by atoms with Crippen LogP contribution in [0.15, 0.2) is 36.5 Å². The zero-order valence-corrected chi connectivity index (χ0v) is 44.3. The van der Waals surface area contributed by atoms with Crippen molar-refractivity contribution >= 4 is 5.91 Å². The van der Waals surface area contributed by atoms with Gasteiger partial charge >= 0.3 is 0 Å². The molecule has 0 fully saturated rings. The van der Waals surface area contributed by atoms with Crippen molar-refractivity contribution in [2.75, 3.05) is 6.61 Å². The van der Waals surface area contributed by atoms with E-state index in [2.05, 4.69) is 55.6 Å². The summed E-state index contributed by atoms with van der Waals surface area (Å²) in [5, 5.41) is 23.3. The average Bonchev–Trinajstić information content (AvgIpc) is 3.31. The van der Waals surface area contributed by atoms with E-state index >= 15 is 0 Å². The van der Waals surface area contributed by atoms with E-state index in [0.717, 1.165) is 38.5 Å². The predicted octanol–water partition coefficient (Wildman–Crippen LogP) is 19.6. The van der Waals surface area contributed by atoms with Crippen molar-refractivity contribution in [3.05, 3.63) is 36.5 Å². The SMILES string of the molecule is CCCCCCC/C=C\C/C=C\C/C=C\CCCCCCCCCCCCCCCCCCCCCCCCCCC(=O)NC(CO)C(O)CCCCCCCCCCCCCCCC. The molecule has 0 aromatic carbocycles. The lowest BCUT2D eigenvalue weighted by atomic mass is 10.0. The molecule has 4 nitrogen and oxygen atoms in total. The van der Waals surface area contributed by atoms with Gasteiger partial charge in [0.2, 0.25) is 5.91 Å². The van der Waals surface area contributed by atoms with Crippen molar-refractivity contribution < 1.29 is 15.0 Å². The highest BCUT2D eigenvalue weighted by Gasteiger charge is 2.20. The first-order chi connectivity index (χ1) is 32.2. The quantitative estimate of drug-likeness (QED) is 0.0421. The second kappa shape index (κ2) is 56.9. The molecule has 1 amide bonds. The molecule has 0 saturated heterocycles. The first kappa shape index (κ1) is 63.6. The third-order valence-corrected chi connectivity index (χ3v) is 13.9. The van der Waals surface area contributed by atoms with Crippen LogP contribution in [-0.2, 0) is 4.79 Å². The molecule has 0 aliphatic rings. The molecule has 3 N–H and O–H groups in total. The summed E-state index contributed by atoms with van der Waals surface area (Å²) in [4.78, 5) is 12.5. The van der Waals surface area contributed by atoms with Gasteiger partial charge in [-0.1, -0.05) is 307 Å². The van der Waals surface area contributed by atoms with Crippen molar-refractivity contribution in [1.82, 2.24) is 5.32 Å². The number of hydrogen-bond acceptors (Lipinski definition) is 3. The zero-order chi connectivity index (χ0) is 47.0. The maximum Gasteiger partial charge on any atom is 0.220 e. The Labute approximate surface area is 408 Å². The standard InChI is InChI=1S/C61H117NO3/c1-3-5-7-9-11-13-15-17-19-20-21-22-23-24-25-26-27-28-29-30-31-32-33-34-35-36-37-38-39-40-41-42-43-45-47-49-51-53-55-57-61(65)62-59(58-63)60(64)56-54-52-50-48-46-44-18-16-14-12-10-8-6-4-2/h15,17,20-21,23-24,59-60,63-64H,3-14,16,18-19,22,25-58H2,1-2H3,(H,62,65)/b17-15-,21-20-,24-23-. The zero-order valence-electron chi connectivity index (χ0n) is 44.3. The normalized spacial score (nSPS) is 13.0. The number of allylic oxidation sites excluding steroid dienone is 6. The lowest BCUT2D eigenvalue weighted by Crippen LogP contribution is -2.45. The molecule has 4 heteroatoms. The van der Waals surface area contributed by atoms with E-state index in [1.807, 2.05) is 0 Å². The summed E-state index contributed by atoms with van der Waals surface area (Å²) < 4.78 is 0. The molecule has 2 atom stereocenters. The summed E-state index contributed by atoms with van der Waals surface area (Å²) in [6, 6.07) is -0.533. The van der Waals surface area contributed by atoms with Gasteiger partial charge in [-0.05, 0) is 51.4 Å². The second-order valence-corrected chi connectivity index (χ2v) is 20.4. The minimum absolute atomic E-state index is 0.0257. The van der Waals surface area contributed by atoms with E-state index in [1.54, 1.807) is 0 Å². The fraction of sp³-hybridized carbons (Fsp3) is 0.885. The number of carbonyl (C=O) groups excluding carboxylic acids is 1. The van der Waals surface area contributed by atoms with Crippen LogP contribution in [0.1, 0.15) is 328 Å². The van der Waals surface area contributed by atoms with Gasteiger partial charge in [0.05, 0.1) is 18.8 Å². The molecule has 384 valence electrons. The molecule has 2 unspecified atom stereocenters. The van der Waals surface area contributed by atoms with E-state index in [-0.39, 0.29) is 12.5 Å². The molecule has 65 heavy (non-hydrogen) atoms. The molecule has 0 aliphatic carbocycles. The van der Waals surface area contributed by atoms with Crippen molar-refractivity contribution in [2.24, 2.45) is 0 Å². The Morgan fingerprint density at radius 3 is 0.938 bits per heavy atom. The van der Waals surface area contributed by atoms with Crippen LogP contribution in [0.25, 0.3) is 0 Å². The fourth-order valence-corrected chi connectivity index (χ4v) is 9.37. The van der Waals surface area contributed by atoms with E-state index in [1.165, 1.54) is 263 Å². The van der Waals surface area contributed by atoms with E-state index in [9.17, 15) is 15.0 Å². The van der Waals surface area contributed by atoms with Crippen molar-refractivity contribution in [2.45, 2.75) is 341 Å². The molecule has 0 aromatic heterocycles. The largest absolute Gasteiger partial charge is 0.394 e. The van der Waals surface area contributed by atoms with Crippen molar-refractivity contribution in [1.29, 1.82) is 0 Å². The number of carbonyl (C=O) groups is 1. The Balaban J connectivity index is 3.37. The Hall–Kier alpha value is -1.39. The smallest absolute Gasteiger partial charge is 0.220 e. The Bertz CT molecular complexity index is 989. The number of aliphatic hydroxyl groups excluding tert-OH is 2. The average molecular weight is 913 g/mol. The topological polar surface area (TPSA) is 69.6 Å². The summed E-state index contributed by atoms with van der Waals surface area (Å²) >= 11 is 0. The van der Waals surface area contributed by atoms with E-state index < -0.39 is 12.1 Å². The van der Waals surface area contributed by atoms with Crippen LogP contribution in [0.5, 0.6) is 0 Å². The Kier molecular flexibility index (Phi) is 55.7. The molecular weight excluding hydrogens is 795 g/mol. The highest BCUT2D eigenvalue weighted by Crippen LogP contribution is 2.18. The van der Waals surface area contributed by atoms with Gasteiger partial charge in [-0.3, -0.25) is 4.79 Å². The Morgan fingerprint density at radius 2 is 0.631 bits per heavy atom. The molecule has 0 heterocycles. The van der Waals surface area contributed by atoms with Gasteiger partial charge in [0.25, 0.3) is 0 Å². The predicted molar refractivity (Wildman–Crippen MR) is 290 cm³/mol. The number of aliphatic hydroxyl groups is 2. The maximum atomic E-state index is 12.5. The minimum atomic E-state index is -0.656. The van der Waals surface area contributed by atoms with Crippen molar-refractivity contribution in [3.8, 4) is 0 Å². The molecule has 0 saturated carbocycles. The van der Waals surface area contributed by atoms with Crippen LogP contribution >= 0.6 is 0 Å². The fourth-order valence-electron chi connectivity index (χ4n) is 9.37. The number of unbranched alkanes of at least 4 members (excludes halogenated alkanes) is 42. The third-order valence-electron chi connectivity index (χ3n) is 13.9. The van der Waals surface area contributed by atoms with Gasteiger partial charge in [-0.25, -0.2) is 0 Å². The summed E-state index contributed by atoms with van der Waals surface area (Å²) in [5.74, 6) is -0.0257. The second-order valence-electron chi connectivity index (χ2n) is 20.4. The summed E-state index contributed by atoms with van der Waals surface area (Å²) in [5.41, 5.74) is 0. The minimum Gasteiger partial charge on any atom is -0.394 e. The first-order valence-corrected chi connectivity index (χ1v) is 29.7. The van der Waals surface area contributed by atoms with Gasteiger partial charge < -0.3 is 15.5 Å². The van der Waals surface area contributed by atoms with Crippen LogP contribution in [0.3, 0.4) is 0 Å². The summed E-state index contributed by atoms with van der Waals surface area (Å²) in [7, 11) is 0. The highest BCUT2D eigenvalue weighted by molar-refractivity contribution is 5.76. The summed E-state index contributed by atoms with van der Waals surface area (Å²) in [6.07, 6.45) is 77.3. The first-order valence-electron chi connectivity index (χ1n) is 29.7. The van der Waals surface area contributed by atoms with Gasteiger partial charge in [0, 0.05) is 6.42 Å². The van der Waals surface area contributed by atoms with Gasteiger partial charge in [-0.15, -0.1) is 0 Å². The lowest BCUT2D eigenvalue weighted by molar-refractivity contribution is -0.123. The lowest BCUT2D eigenvalue weighted by Gasteiger charge is -2.22. The van der Waals surface area contributed by atoms with Crippen LogP contribution in [-0.4, -0.2) is 34.9 Å². The van der Waals surface area contributed by atoms with E-state index in [4.69, 9.17) is 0 Å². The van der Waals surface area contributed by atoms with Gasteiger partial charge in [-0.2, -0.15) is 0 Å². The van der Waals surface area contributed by atoms with Crippen LogP contribution in [0, 0.1) is 0 Å². The Morgan fingerprint density at radius 1 is 0.369 bits per heavy atom. The van der Waals surface area contributed by atoms with Crippen molar-refractivity contribution in [3.63, 3.8) is 0 Å².